The largest absolute Gasteiger partial charge is 0.313 e. The lowest BCUT2D eigenvalue weighted by Gasteiger charge is -2.41. The predicted octanol–water partition coefficient (Wildman–Crippen LogP) is 1.40. The van der Waals surface area contributed by atoms with Gasteiger partial charge in [-0.05, 0) is 65.7 Å². The summed E-state index contributed by atoms with van der Waals surface area (Å²) in [4.78, 5) is 5.06. The molecule has 0 aliphatic carbocycles. The third-order valence-electron chi connectivity index (χ3n) is 4.42. The summed E-state index contributed by atoms with van der Waals surface area (Å²) in [6.07, 6.45) is 5.53. The Kier molecular flexibility index (Phi) is 4.83. The van der Waals surface area contributed by atoms with Gasteiger partial charge >= 0.3 is 0 Å². The van der Waals surface area contributed by atoms with Crippen LogP contribution >= 0.6 is 0 Å². The van der Waals surface area contributed by atoms with Gasteiger partial charge < -0.3 is 10.2 Å². The molecule has 0 aromatic rings. The second-order valence-corrected chi connectivity index (χ2v) is 6.28. The lowest BCUT2D eigenvalue weighted by molar-refractivity contribution is 0.0984. The summed E-state index contributed by atoms with van der Waals surface area (Å²) < 4.78 is 0. The molecule has 2 aliphatic heterocycles. The quantitative estimate of drug-likeness (QED) is 0.803. The van der Waals surface area contributed by atoms with Gasteiger partial charge in [0.15, 0.2) is 0 Å². The van der Waals surface area contributed by atoms with Gasteiger partial charge in [-0.2, -0.15) is 0 Å². The molecular formula is C14H29N3. The Morgan fingerprint density at radius 1 is 1.12 bits per heavy atom. The Morgan fingerprint density at radius 2 is 1.82 bits per heavy atom. The number of nitrogens with zero attached hydrogens (tertiary/aromatic N) is 2. The minimum absolute atomic E-state index is 0.734. The number of hydrogen-bond acceptors (Lipinski definition) is 3. The van der Waals surface area contributed by atoms with Crippen molar-refractivity contribution in [1.29, 1.82) is 0 Å². The molecule has 1 N–H and O–H groups in total. The topological polar surface area (TPSA) is 18.5 Å². The second kappa shape index (κ2) is 6.17. The van der Waals surface area contributed by atoms with Crippen molar-refractivity contribution < 1.29 is 0 Å². The van der Waals surface area contributed by atoms with Crippen LogP contribution in [0, 0.1) is 5.92 Å². The molecule has 0 aromatic heterocycles. The highest BCUT2D eigenvalue weighted by molar-refractivity contribution is 4.85. The van der Waals surface area contributed by atoms with Crippen molar-refractivity contribution in [3.63, 3.8) is 0 Å². The van der Waals surface area contributed by atoms with Crippen molar-refractivity contribution in [2.45, 2.75) is 44.7 Å². The second-order valence-electron chi connectivity index (χ2n) is 6.28. The number of likely N-dealkylation sites (tertiary alicyclic amines) is 1. The molecule has 2 heterocycles. The van der Waals surface area contributed by atoms with Crippen LogP contribution in [0.1, 0.15) is 32.6 Å². The Balaban J connectivity index is 1.71. The van der Waals surface area contributed by atoms with Crippen LogP contribution in [0.25, 0.3) is 0 Å². The van der Waals surface area contributed by atoms with Gasteiger partial charge in [-0.25, -0.2) is 0 Å². The molecule has 17 heavy (non-hydrogen) atoms. The number of nitrogens with one attached hydrogen (secondary N) is 1. The zero-order valence-corrected chi connectivity index (χ0v) is 11.8. The standard InChI is InChI=1S/C14H29N3/c1-12-4-5-14(10-15-12)17-8-6-13(7-9-17)11-16(2)3/h12-15H,4-11H2,1-3H3. The van der Waals surface area contributed by atoms with Gasteiger partial charge in [0.05, 0.1) is 0 Å². The summed E-state index contributed by atoms with van der Waals surface area (Å²) in [5, 5.41) is 3.62. The molecule has 2 fully saturated rings. The first kappa shape index (κ1) is 13.3. The Bertz CT molecular complexity index is 214. The Morgan fingerprint density at radius 3 is 2.35 bits per heavy atom. The maximum atomic E-state index is 3.62. The summed E-state index contributed by atoms with van der Waals surface area (Å²) >= 11 is 0. The van der Waals surface area contributed by atoms with E-state index in [1.54, 1.807) is 0 Å². The molecule has 100 valence electrons. The smallest absolute Gasteiger partial charge is 0.0221 e. The van der Waals surface area contributed by atoms with Crippen LogP contribution < -0.4 is 5.32 Å². The minimum Gasteiger partial charge on any atom is -0.313 e. The van der Waals surface area contributed by atoms with E-state index in [2.05, 4.69) is 36.1 Å². The van der Waals surface area contributed by atoms with Crippen molar-refractivity contribution in [2.75, 3.05) is 40.3 Å². The molecule has 0 saturated carbocycles. The molecule has 0 radical (unpaired) electrons. The van der Waals surface area contributed by atoms with E-state index in [1.807, 2.05) is 0 Å². The molecule has 2 aliphatic rings. The molecular weight excluding hydrogens is 210 g/mol. The van der Waals surface area contributed by atoms with Gasteiger partial charge in [-0.15, -0.1) is 0 Å². The molecule has 0 aromatic carbocycles. The number of piperidine rings is 2. The van der Waals surface area contributed by atoms with Gasteiger partial charge in [0, 0.05) is 25.2 Å². The molecule has 2 rings (SSSR count). The minimum atomic E-state index is 0.734. The zero-order chi connectivity index (χ0) is 12.3. The van der Waals surface area contributed by atoms with E-state index >= 15 is 0 Å². The monoisotopic (exact) mass is 239 g/mol. The predicted molar refractivity (Wildman–Crippen MR) is 73.3 cm³/mol. The third kappa shape index (κ3) is 3.94. The average molecular weight is 239 g/mol. The van der Waals surface area contributed by atoms with Gasteiger partial charge in [-0.1, -0.05) is 0 Å². The number of rotatable bonds is 3. The summed E-state index contributed by atoms with van der Waals surface area (Å²) in [5.74, 6) is 0.928. The molecule has 2 atom stereocenters. The van der Waals surface area contributed by atoms with Crippen molar-refractivity contribution >= 4 is 0 Å². The highest BCUT2D eigenvalue weighted by Crippen LogP contribution is 2.22. The Labute approximate surface area is 107 Å². The fourth-order valence-electron chi connectivity index (χ4n) is 3.31. The maximum Gasteiger partial charge on any atom is 0.0221 e. The van der Waals surface area contributed by atoms with E-state index in [0.29, 0.717) is 0 Å². The highest BCUT2D eigenvalue weighted by atomic mass is 15.2. The van der Waals surface area contributed by atoms with Crippen molar-refractivity contribution in [1.82, 2.24) is 15.1 Å². The van der Waals surface area contributed by atoms with Crippen LogP contribution in [0.3, 0.4) is 0 Å². The normalized spacial score (nSPS) is 33.2. The van der Waals surface area contributed by atoms with Gasteiger partial charge in [0.1, 0.15) is 0 Å². The SMILES string of the molecule is CC1CCC(N2CCC(CN(C)C)CC2)CN1. The molecule has 3 heteroatoms. The zero-order valence-electron chi connectivity index (χ0n) is 11.8. The maximum absolute atomic E-state index is 3.62. The van der Waals surface area contributed by atoms with Crippen molar-refractivity contribution in [3.05, 3.63) is 0 Å². The van der Waals surface area contributed by atoms with Crippen LogP contribution in [-0.4, -0.2) is 62.2 Å². The molecule has 2 saturated heterocycles. The molecule has 0 bridgehead atoms. The van der Waals surface area contributed by atoms with Crippen molar-refractivity contribution in [2.24, 2.45) is 5.92 Å². The lowest BCUT2D eigenvalue weighted by Crippen LogP contribution is -2.51. The molecule has 2 unspecified atom stereocenters. The van der Waals surface area contributed by atoms with E-state index in [0.717, 1.165) is 18.0 Å². The first-order chi connectivity index (χ1) is 8.15. The van der Waals surface area contributed by atoms with Crippen LogP contribution in [-0.2, 0) is 0 Å². The van der Waals surface area contributed by atoms with Gasteiger partial charge in [0.2, 0.25) is 0 Å². The summed E-state index contributed by atoms with van der Waals surface area (Å²) in [6, 6.07) is 1.55. The van der Waals surface area contributed by atoms with Gasteiger partial charge in [0.25, 0.3) is 0 Å². The van der Waals surface area contributed by atoms with E-state index in [-0.39, 0.29) is 0 Å². The average Bonchev–Trinajstić information content (AvgIpc) is 2.30. The Hall–Kier alpha value is -0.120. The fraction of sp³-hybridized carbons (Fsp3) is 1.00. The van der Waals surface area contributed by atoms with Crippen LogP contribution in [0.5, 0.6) is 0 Å². The molecule has 0 spiro atoms. The van der Waals surface area contributed by atoms with E-state index in [4.69, 9.17) is 0 Å². The first-order valence-corrected chi connectivity index (χ1v) is 7.27. The number of hydrogen-bond donors (Lipinski definition) is 1. The molecule has 3 nitrogen and oxygen atoms in total. The van der Waals surface area contributed by atoms with E-state index in [1.165, 1.54) is 51.9 Å². The van der Waals surface area contributed by atoms with Crippen LogP contribution in [0.15, 0.2) is 0 Å². The summed E-state index contributed by atoms with van der Waals surface area (Å²) in [5.41, 5.74) is 0. The summed E-state index contributed by atoms with van der Waals surface area (Å²) in [6.45, 7) is 7.42. The first-order valence-electron chi connectivity index (χ1n) is 7.27. The third-order valence-corrected chi connectivity index (χ3v) is 4.42. The van der Waals surface area contributed by atoms with E-state index in [9.17, 15) is 0 Å². The van der Waals surface area contributed by atoms with Crippen LogP contribution in [0.4, 0.5) is 0 Å². The van der Waals surface area contributed by atoms with Gasteiger partial charge in [-0.3, -0.25) is 4.90 Å². The lowest BCUT2D eigenvalue weighted by atomic mass is 9.93. The highest BCUT2D eigenvalue weighted by Gasteiger charge is 2.27. The van der Waals surface area contributed by atoms with E-state index < -0.39 is 0 Å². The molecule has 0 amide bonds. The summed E-state index contributed by atoms with van der Waals surface area (Å²) in [7, 11) is 4.39. The fourth-order valence-corrected chi connectivity index (χ4v) is 3.31. The van der Waals surface area contributed by atoms with Crippen molar-refractivity contribution in [3.8, 4) is 0 Å². The van der Waals surface area contributed by atoms with Crippen LogP contribution in [0.2, 0.25) is 0 Å².